The standard InChI is InChI=1S/C20H23N3O3/c1-14(2)13-26-19-9-7-16(8-10-19)12-21-23-20(25)17-5-4-6-18(11-17)22-15(3)24/h4-12,14H,13H2,1-3H3,(H,22,24)(H,23,25). The maximum atomic E-state index is 12.1. The maximum Gasteiger partial charge on any atom is 0.271 e. The summed E-state index contributed by atoms with van der Waals surface area (Å²) in [6.45, 7) is 6.27. The molecule has 136 valence electrons. The second-order valence-electron chi connectivity index (χ2n) is 6.24. The van der Waals surface area contributed by atoms with Crippen LogP contribution in [-0.2, 0) is 4.79 Å². The van der Waals surface area contributed by atoms with E-state index in [0.717, 1.165) is 11.3 Å². The van der Waals surface area contributed by atoms with Crippen molar-refractivity contribution in [3.8, 4) is 5.75 Å². The van der Waals surface area contributed by atoms with Gasteiger partial charge in [-0.05, 0) is 53.9 Å². The Morgan fingerprint density at radius 3 is 2.54 bits per heavy atom. The molecule has 0 spiro atoms. The summed E-state index contributed by atoms with van der Waals surface area (Å²) in [5, 5.41) is 6.59. The minimum Gasteiger partial charge on any atom is -0.493 e. The SMILES string of the molecule is CC(=O)Nc1cccc(C(=O)NN=Cc2ccc(OCC(C)C)cc2)c1. The van der Waals surface area contributed by atoms with Crippen LogP contribution in [0.15, 0.2) is 53.6 Å². The van der Waals surface area contributed by atoms with E-state index in [4.69, 9.17) is 4.74 Å². The number of hydrogen-bond donors (Lipinski definition) is 2. The van der Waals surface area contributed by atoms with E-state index >= 15 is 0 Å². The zero-order chi connectivity index (χ0) is 18.9. The van der Waals surface area contributed by atoms with Crippen LogP contribution < -0.4 is 15.5 Å². The van der Waals surface area contributed by atoms with Gasteiger partial charge in [0, 0.05) is 18.2 Å². The number of benzene rings is 2. The van der Waals surface area contributed by atoms with Gasteiger partial charge in [-0.2, -0.15) is 5.10 Å². The molecule has 6 nitrogen and oxygen atoms in total. The van der Waals surface area contributed by atoms with Gasteiger partial charge in [-0.3, -0.25) is 9.59 Å². The van der Waals surface area contributed by atoms with Crippen molar-refractivity contribution < 1.29 is 14.3 Å². The summed E-state index contributed by atoms with van der Waals surface area (Å²) in [5.41, 5.74) is 4.28. The van der Waals surface area contributed by atoms with E-state index in [0.29, 0.717) is 23.8 Å². The third kappa shape index (κ3) is 6.39. The van der Waals surface area contributed by atoms with Crippen molar-refractivity contribution in [3.05, 3.63) is 59.7 Å². The molecule has 2 N–H and O–H groups in total. The molecule has 2 amide bonds. The highest BCUT2D eigenvalue weighted by molar-refractivity contribution is 5.97. The molecule has 0 aliphatic heterocycles. The van der Waals surface area contributed by atoms with Gasteiger partial charge < -0.3 is 10.1 Å². The van der Waals surface area contributed by atoms with Gasteiger partial charge in [0.15, 0.2) is 0 Å². The molecule has 0 bridgehead atoms. The first kappa shape index (κ1) is 19.2. The van der Waals surface area contributed by atoms with Crippen LogP contribution in [0, 0.1) is 5.92 Å². The first-order valence-corrected chi connectivity index (χ1v) is 8.38. The number of amides is 2. The zero-order valence-electron chi connectivity index (χ0n) is 15.2. The fourth-order valence-electron chi connectivity index (χ4n) is 2.08. The predicted molar refractivity (Wildman–Crippen MR) is 103 cm³/mol. The van der Waals surface area contributed by atoms with Crippen LogP contribution in [0.5, 0.6) is 5.75 Å². The van der Waals surface area contributed by atoms with Gasteiger partial charge in [-0.15, -0.1) is 0 Å². The van der Waals surface area contributed by atoms with Gasteiger partial charge in [0.25, 0.3) is 5.91 Å². The van der Waals surface area contributed by atoms with Crippen molar-refractivity contribution >= 4 is 23.7 Å². The number of nitrogens with one attached hydrogen (secondary N) is 2. The minimum atomic E-state index is -0.356. The molecule has 0 heterocycles. The van der Waals surface area contributed by atoms with E-state index in [1.807, 2.05) is 24.3 Å². The summed E-state index contributed by atoms with van der Waals surface area (Å²) in [4.78, 5) is 23.2. The first-order chi connectivity index (χ1) is 12.4. The highest BCUT2D eigenvalue weighted by atomic mass is 16.5. The van der Waals surface area contributed by atoms with Crippen LogP contribution in [0.4, 0.5) is 5.69 Å². The molecular weight excluding hydrogens is 330 g/mol. The molecule has 0 aliphatic rings. The normalized spacial score (nSPS) is 10.8. The average Bonchev–Trinajstić information content (AvgIpc) is 2.60. The Kier molecular flexibility index (Phi) is 6.91. The smallest absolute Gasteiger partial charge is 0.271 e. The van der Waals surface area contributed by atoms with E-state index in [9.17, 15) is 9.59 Å². The predicted octanol–water partition coefficient (Wildman–Crippen LogP) is 3.44. The summed E-state index contributed by atoms with van der Waals surface area (Å²) >= 11 is 0. The fourth-order valence-corrected chi connectivity index (χ4v) is 2.08. The van der Waals surface area contributed by atoms with Crippen LogP contribution >= 0.6 is 0 Å². The number of carbonyl (C=O) groups excluding carboxylic acids is 2. The second-order valence-corrected chi connectivity index (χ2v) is 6.24. The molecular formula is C20H23N3O3. The van der Waals surface area contributed by atoms with Gasteiger partial charge in [0.05, 0.1) is 12.8 Å². The van der Waals surface area contributed by atoms with Crippen molar-refractivity contribution in [1.82, 2.24) is 5.43 Å². The summed E-state index contributed by atoms with van der Waals surface area (Å²) in [7, 11) is 0. The Balaban J connectivity index is 1.91. The number of rotatable bonds is 7. The number of hydrogen-bond acceptors (Lipinski definition) is 4. The molecule has 0 atom stereocenters. The molecule has 2 aromatic rings. The molecule has 2 rings (SSSR count). The zero-order valence-corrected chi connectivity index (χ0v) is 15.2. The van der Waals surface area contributed by atoms with Crippen LogP contribution in [0.25, 0.3) is 0 Å². The van der Waals surface area contributed by atoms with Gasteiger partial charge in [-0.1, -0.05) is 19.9 Å². The lowest BCUT2D eigenvalue weighted by Gasteiger charge is -2.08. The molecule has 0 saturated carbocycles. The van der Waals surface area contributed by atoms with Crippen LogP contribution in [0.2, 0.25) is 0 Å². The van der Waals surface area contributed by atoms with E-state index in [1.54, 1.807) is 30.5 Å². The average molecular weight is 353 g/mol. The van der Waals surface area contributed by atoms with Crippen molar-refractivity contribution in [2.45, 2.75) is 20.8 Å². The van der Waals surface area contributed by atoms with Crippen molar-refractivity contribution in [2.24, 2.45) is 11.0 Å². The Morgan fingerprint density at radius 1 is 1.15 bits per heavy atom. The number of anilines is 1. The molecule has 0 unspecified atom stereocenters. The van der Waals surface area contributed by atoms with Gasteiger partial charge in [0.2, 0.25) is 5.91 Å². The topological polar surface area (TPSA) is 79.8 Å². The minimum absolute atomic E-state index is 0.193. The van der Waals surface area contributed by atoms with E-state index in [2.05, 4.69) is 29.7 Å². The Labute approximate surface area is 153 Å². The number of ether oxygens (including phenoxy) is 1. The van der Waals surface area contributed by atoms with E-state index < -0.39 is 0 Å². The van der Waals surface area contributed by atoms with Crippen LogP contribution in [-0.4, -0.2) is 24.6 Å². The largest absolute Gasteiger partial charge is 0.493 e. The van der Waals surface area contributed by atoms with Crippen molar-refractivity contribution in [3.63, 3.8) is 0 Å². The molecule has 2 aromatic carbocycles. The quantitative estimate of drug-likeness (QED) is 0.591. The molecule has 0 aromatic heterocycles. The van der Waals surface area contributed by atoms with Gasteiger partial charge in [-0.25, -0.2) is 5.43 Å². The molecule has 0 fully saturated rings. The number of carbonyl (C=O) groups is 2. The van der Waals surface area contributed by atoms with Crippen molar-refractivity contribution in [1.29, 1.82) is 0 Å². The van der Waals surface area contributed by atoms with Crippen LogP contribution in [0.3, 0.4) is 0 Å². The second kappa shape index (κ2) is 9.36. The number of nitrogens with zero attached hydrogens (tertiary/aromatic N) is 1. The Morgan fingerprint density at radius 2 is 1.88 bits per heavy atom. The van der Waals surface area contributed by atoms with E-state index in [-0.39, 0.29) is 11.8 Å². The first-order valence-electron chi connectivity index (χ1n) is 8.38. The summed E-state index contributed by atoms with van der Waals surface area (Å²) in [6, 6.07) is 14.1. The lowest BCUT2D eigenvalue weighted by Crippen LogP contribution is -2.18. The molecule has 0 aliphatic carbocycles. The van der Waals surface area contributed by atoms with Gasteiger partial charge >= 0.3 is 0 Å². The lowest BCUT2D eigenvalue weighted by molar-refractivity contribution is -0.114. The Hall–Kier alpha value is -3.15. The van der Waals surface area contributed by atoms with E-state index in [1.165, 1.54) is 6.92 Å². The van der Waals surface area contributed by atoms with Crippen LogP contribution in [0.1, 0.15) is 36.7 Å². The summed E-state index contributed by atoms with van der Waals surface area (Å²) in [5.74, 6) is 0.719. The fraction of sp³-hybridized carbons (Fsp3) is 0.250. The molecule has 26 heavy (non-hydrogen) atoms. The third-order valence-electron chi connectivity index (χ3n) is 3.29. The van der Waals surface area contributed by atoms with Crippen molar-refractivity contribution in [2.75, 3.05) is 11.9 Å². The summed E-state index contributed by atoms with van der Waals surface area (Å²) < 4.78 is 5.62. The number of hydrazone groups is 1. The molecule has 0 saturated heterocycles. The highest BCUT2D eigenvalue weighted by Crippen LogP contribution is 2.13. The summed E-state index contributed by atoms with van der Waals surface area (Å²) in [6.07, 6.45) is 1.56. The Bertz CT molecular complexity index is 783. The lowest BCUT2D eigenvalue weighted by atomic mass is 10.2. The highest BCUT2D eigenvalue weighted by Gasteiger charge is 2.05. The monoisotopic (exact) mass is 353 g/mol. The van der Waals surface area contributed by atoms with Gasteiger partial charge in [0.1, 0.15) is 5.75 Å². The maximum absolute atomic E-state index is 12.1. The molecule has 0 radical (unpaired) electrons. The third-order valence-corrected chi connectivity index (χ3v) is 3.29. The molecule has 6 heteroatoms.